The zero-order valence-corrected chi connectivity index (χ0v) is 12.5. The lowest BCUT2D eigenvalue weighted by molar-refractivity contribution is 0.0944. The van der Waals surface area contributed by atoms with E-state index in [2.05, 4.69) is 20.6 Å². The highest BCUT2D eigenvalue weighted by Gasteiger charge is 2.24. The fourth-order valence-corrected chi connectivity index (χ4v) is 2.80. The summed E-state index contributed by atoms with van der Waals surface area (Å²) in [5.41, 5.74) is 6.79. The van der Waals surface area contributed by atoms with Gasteiger partial charge in [0.25, 0.3) is 5.91 Å². The first-order chi connectivity index (χ1) is 10.1. The van der Waals surface area contributed by atoms with Gasteiger partial charge >= 0.3 is 0 Å². The van der Waals surface area contributed by atoms with Crippen molar-refractivity contribution in [3.05, 3.63) is 35.0 Å². The zero-order chi connectivity index (χ0) is 14.8. The molecule has 1 unspecified atom stereocenters. The highest BCUT2D eigenvalue weighted by atomic mass is 32.1. The predicted molar refractivity (Wildman–Crippen MR) is 83.3 cm³/mol. The van der Waals surface area contributed by atoms with Gasteiger partial charge in [-0.1, -0.05) is 17.4 Å². The average Bonchev–Trinajstić information content (AvgIpc) is 3.21. The van der Waals surface area contributed by atoms with Gasteiger partial charge in [-0.2, -0.15) is 0 Å². The lowest BCUT2D eigenvalue weighted by atomic mass is 10.1. The molecule has 1 fully saturated rings. The number of pyridine rings is 1. The van der Waals surface area contributed by atoms with Crippen molar-refractivity contribution in [3.63, 3.8) is 0 Å². The number of thiazole rings is 1. The van der Waals surface area contributed by atoms with E-state index in [9.17, 15) is 4.79 Å². The average molecular weight is 303 g/mol. The number of nitrogen functional groups attached to an aromatic ring is 1. The van der Waals surface area contributed by atoms with Crippen LogP contribution in [0.4, 0.5) is 10.9 Å². The van der Waals surface area contributed by atoms with Gasteiger partial charge in [0, 0.05) is 18.4 Å². The van der Waals surface area contributed by atoms with Gasteiger partial charge in [-0.3, -0.25) is 9.78 Å². The molecule has 21 heavy (non-hydrogen) atoms. The normalized spacial score (nSPS) is 15.5. The minimum atomic E-state index is -0.204. The molecule has 6 nitrogen and oxygen atoms in total. The Bertz CT molecular complexity index is 638. The number of nitrogens with zero attached hydrogens (tertiary/aromatic N) is 2. The molecule has 0 aliphatic heterocycles. The van der Waals surface area contributed by atoms with E-state index in [1.54, 1.807) is 12.4 Å². The van der Waals surface area contributed by atoms with Crippen LogP contribution in [0.5, 0.6) is 0 Å². The molecule has 2 aromatic rings. The first-order valence-electron chi connectivity index (χ1n) is 6.87. The van der Waals surface area contributed by atoms with E-state index >= 15 is 0 Å². The van der Waals surface area contributed by atoms with E-state index in [1.807, 2.05) is 19.1 Å². The number of hydrogen-bond donors (Lipinski definition) is 3. The Kier molecular flexibility index (Phi) is 3.74. The van der Waals surface area contributed by atoms with Gasteiger partial charge in [-0.05, 0) is 31.4 Å². The lowest BCUT2D eigenvalue weighted by Crippen LogP contribution is -2.26. The number of hydrogen-bond acceptors (Lipinski definition) is 6. The number of anilines is 2. The minimum absolute atomic E-state index is 0.132. The van der Waals surface area contributed by atoms with Gasteiger partial charge < -0.3 is 16.4 Å². The number of carbonyl (C=O) groups is 1. The molecule has 7 heteroatoms. The summed E-state index contributed by atoms with van der Waals surface area (Å²) in [7, 11) is 0. The molecule has 3 rings (SSSR count). The molecule has 1 atom stereocenters. The standard InChI is InChI=1S/C14H17N5OS/c1-8(9-3-2-6-16-7-9)17-13(20)11-12(15)19-14(21-11)18-10-4-5-10/h2-3,6-8,10H,4-5,15H2,1H3,(H,17,20)(H,18,19). The van der Waals surface area contributed by atoms with Crippen LogP contribution in [0.25, 0.3) is 0 Å². The Labute approximate surface area is 126 Å². The van der Waals surface area contributed by atoms with Crippen LogP contribution in [-0.4, -0.2) is 21.9 Å². The summed E-state index contributed by atoms with van der Waals surface area (Å²) < 4.78 is 0. The summed E-state index contributed by atoms with van der Waals surface area (Å²) in [6.45, 7) is 1.91. The van der Waals surface area contributed by atoms with Crippen LogP contribution in [0.3, 0.4) is 0 Å². The molecular weight excluding hydrogens is 286 g/mol. The molecule has 0 spiro atoms. The van der Waals surface area contributed by atoms with Gasteiger partial charge in [-0.15, -0.1) is 0 Å². The van der Waals surface area contributed by atoms with E-state index in [1.165, 1.54) is 11.3 Å². The fourth-order valence-electron chi connectivity index (χ4n) is 1.94. The maximum absolute atomic E-state index is 12.3. The number of amides is 1. The lowest BCUT2D eigenvalue weighted by Gasteiger charge is -2.13. The summed E-state index contributed by atoms with van der Waals surface area (Å²) in [5.74, 6) is 0.0734. The number of carbonyl (C=O) groups excluding carboxylic acids is 1. The van der Waals surface area contributed by atoms with Gasteiger partial charge in [0.1, 0.15) is 10.7 Å². The summed E-state index contributed by atoms with van der Waals surface area (Å²) in [6.07, 6.45) is 5.74. The van der Waals surface area contributed by atoms with Gasteiger partial charge in [0.15, 0.2) is 5.13 Å². The molecule has 1 aliphatic rings. The first-order valence-corrected chi connectivity index (χ1v) is 7.69. The molecule has 2 heterocycles. The van der Waals surface area contributed by atoms with Crippen molar-refractivity contribution in [2.45, 2.75) is 31.8 Å². The summed E-state index contributed by atoms with van der Waals surface area (Å²) in [6, 6.07) is 4.12. The second kappa shape index (κ2) is 5.69. The van der Waals surface area contributed by atoms with E-state index < -0.39 is 0 Å². The summed E-state index contributed by atoms with van der Waals surface area (Å²) in [5, 5.41) is 6.89. The van der Waals surface area contributed by atoms with Crippen molar-refractivity contribution >= 4 is 28.2 Å². The fraction of sp³-hybridized carbons (Fsp3) is 0.357. The highest BCUT2D eigenvalue weighted by molar-refractivity contribution is 7.18. The Hall–Kier alpha value is -2.15. The van der Waals surface area contributed by atoms with Crippen molar-refractivity contribution in [3.8, 4) is 0 Å². The van der Waals surface area contributed by atoms with Crippen molar-refractivity contribution < 1.29 is 4.79 Å². The number of aromatic nitrogens is 2. The molecule has 2 aromatic heterocycles. The van der Waals surface area contributed by atoms with Crippen LogP contribution in [-0.2, 0) is 0 Å². The van der Waals surface area contributed by atoms with Gasteiger partial charge in [0.05, 0.1) is 6.04 Å². The number of rotatable bonds is 5. The van der Waals surface area contributed by atoms with E-state index in [0.29, 0.717) is 16.1 Å². The van der Waals surface area contributed by atoms with Crippen molar-refractivity contribution in [2.24, 2.45) is 0 Å². The second-order valence-corrected chi connectivity index (χ2v) is 6.13. The van der Waals surface area contributed by atoms with Crippen LogP contribution >= 0.6 is 11.3 Å². The molecule has 1 amide bonds. The van der Waals surface area contributed by atoms with Crippen LogP contribution in [0.15, 0.2) is 24.5 Å². The Balaban J connectivity index is 1.68. The maximum atomic E-state index is 12.3. The summed E-state index contributed by atoms with van der Waals surface area (Å²) >= 11 is 1.30. The predicted octanol–water partition coefficient (Wildman–Crippen LogP) is 2.19. The van der Waals surface area contributed by atoms with Gasteiger partial charge in [0.2, 0.25) is 0 Å². The first kappa shape index (κ1) is 13.8. The SMILES string of the molecule is CC(NC(=O)c1sc(NC2CC2)nc1N)c1cccnc1. The molecule has 4 N–H and O–H groups in total. The highest BCUT2D eigenvalue weighted by Crippen LogP contribution is 2.30. The quantitative estimate of drug-likeness (QED) is 0.787. The van der Waals surface area contributed by atoms with Crippen LogP contribution in [0.1, 0.15) is 41.0 Å². The largest absolute Gasteiger partial charge is 0.382 e. The van der Waals surface area contributed by atoms with Crippen molar-refractivity contribution in [1.82, 2.24) is 15.3 Å². The van der Waals surface area contributed by atoms with Crippen LogP contribution in [0.2, 0.25) is 0 Å². The van der Waals surface area contributed by atoms with E-state index in [0.717, 1.165) is 18.4 Å². The summed E-state index contributed by atoms with van der Waals surface area (Å²) in [4.78, 5) is 21.0. The monoisotopic (exact) mass is 303 g/mol. The molecule has 110 valence electrons. The molecule has 1 saturated carbocycles. The van der Waals surface area contributed by atoms with Crippen molar-refractivity contribution in [2.75, 3.05) is 11.1 Å². The van der Waals surface area contributed by atoms with Gasteiger partial charge in [-0.25, -0.2) is 4.98 Å². The Morgan fingerprint density at radius 1 is 1.52 bits per heavy atom. The smallest absolute Gasteiger partial charge is 0.265 e. The topological polar surface area (TPSA) is 92.9 Å². The molecular formula is C14H17N5OS. The molecule has 0 radical (unpaired) electrons. The molecule has 0 aromatic carbocycles. The van der Waals surface area contributed by atoms with E-state index in [4.69, 9.17) is 5.73 Å². The zero-order valence-electron chi connectivity index (χ0n) is 11.7. The number of nitrogens with one attached hydrogen (secondary N) is 2. The van der Waals surface area contributed by atoms with E-state index in [-0.39, 0.29) is 17.8 Å². The molecule has 0 saturated heterocycles. The Morgan fingerprint density at radius 2 is 2.33 bits per heavy atom. The third-order valence-electron chi connectivity index (χ3n) is 3.30. The minimum Gasteiger partial charge on any atom is -0.382 e. The molecule has 1 aliphatic carbocycles. The van der Waals surface area contributed by atoms with Crippen LogP contribution < -0.4 is 16.4 Å². The van der Waals surface area contributed by atoms with Crippen LogP contribution in [0, 0.1) is 0 Å². The number of nitrogens with two attached hydrogens (primary N) is 1. The Morgan fingerprint density at radius 3 is 3.00 bits per heavy atom. The molecule has 0 bridgehead atoms. The third kappa shape index (κ3) is 3.30. The van der Waals surface area contributed by atoms with Crippen molar-refractivity contribution in [1.29, 1.82) is 0 Å². The maximum Gasteiger partial charge on any atom is 0.265 e. The third-order valence-corrected chi connectivity index (χ3v) is 4.30. The second-order valence-electron chi connectivity index (χ2n) is 5.13.